The van der Waals surface area contributed by atoms with E-state index in [1.54, 1.807) is 13.0 Å². The van der Waals surface area contributed by atoms with Gasteiger partial charge in [0, 0.05) is 12.0 Å². The van der Waals surface area contributed by atoms with Gasteiger partial charge in [0.15, 0.2) is 0 Å². The smallest absolute Gasteiger partial charge is 0.306 e. The van der Waals surface area contributed by atoms with Gasteiger partial charge in [-0.15, -0.1) is 0 Å². The molecule has 0 aromatic heterocycles. The Morgan fingerprint density at radius 1 is 1.58 bits per heavy atom. The molecule has 0 saturated heterocycles. The second-order valence-electron chi connectivity index (χ2n) is 4.66. The van der Waals surface area contributed by atoms with Gasteiger partial charge in [0.2, 0.25) is 0 Å². The maximum atomic E-state index is 11.4. The van der Waals surface area contributed by atoms with E-state index in [-0.39, 0.29) is 17.9 Å². The lowest BCUT2D eigenvalue weighted by atomic mass is 9.98. The van der Waals surface area contributed by atoms with Crippen molar-refractivity contribution >= 4 is 11.8 Å². The second kappa shape index (κ2) is 5.40. The largest absolute Gasteiger partial charge is 0.457 e. The zero-order valence-corrected chi connectivity index (χ0v) is 11.1. The van der Waals surface area contributed by atoms with Gasteiger partial charge >= 0.3 is 5.97 Å². The molecule has 0 aliphatic heterocycles. The molecule has 2 rings (SSSR count). The number of hydrogen-bond acceptors (Lipinski definition) is 4. The van der Waals surface area contributed by atoms with Gasteiger partial charge in [-0.3, -0.25) is 20.9 Å². The van der Waals surface area contributed by atoms with Crippen LogP contribution in [0, 0.1) is 12.3 Å². The molecule has 5 nitrogen and oxygen atoms in total. The van der Waals surface area contributed by atoms with E-state index in [1.807, 2.05) is 18.5 Å². The van der Waals surface area contributed by atoms with Crippen molar-refractivity contribution in [3.8, 4) is 0 Å². The van der Waals surface area contributed by atoms with Gasteiger partial charge in [-0.05, 0) is 36.5 Å². The van der Waals surface area contributed by atoms with Crippen LogP contribution in [-0.4, -0.2) is 17.0 Å². The van der Waals surface area contributed by atoms with Crippen molar-refractivity contribution in [1.29, 1.82) is 5.41 Å². The first-order valence-electron chi connectivity index (χ1n) is 6.39. The van der Waals surface area contributed by atoms with Crippen LogP contribution in [0.4, 0.5) is 0 Å². The Morgan fingerprint density at radius 2 is 2.32 bits per heavy atom. The van der Waals surface area contributed by atoms with E-state index in [0.717, 1.165) is 29.5 Å². The van der Waals surface area contributed by atoms with E-state index < -0.39 is 0 Å². The van der Waals surface area contributed by atoms with Crippen LogP contribution in [0.25, 0.3) is 0 Å². The minimum atomic E-state index is -0.190. The highest BCUT2D eigenvalue weighted by molar-refractivity contribution is 5.97. The van der Waals surface area contributed by atoms with E-state index in [4.69, 9.17) is 15.4 Å². The minimum Gasteiger partial charge on any atom is -0.457 e. The third-order valence-electron chi connectivity index (χ3n) is 3.58. The van der Waals surface area contributed by atoms with E-state index in [9.17, 15) is 4.79 Å². The van der Waals surface area contributed by atoms with Gasteiger partial charge in [-0.25, -0.2) is 0 Å². The summed E-state index contributed by atoms with van der Waals surface area (Å²) in [6, 6.07) is 3.65. The van der Waals surface area contributed by atoms with Crippen molar-refractivity contribution < 1.29 is 14.7 Å². The summed E-state index contributed by atoms with van der Waals surface area (Å²) in [5.41, 5.74) is 5.63. The highest BCUT2D eigenvalue weighted by Gasteiger charge is 2.27. The van der Waals surface area contributed by atoms with Gasteiger partial charge in [-0.1, -0.05) is 19.1 Å². The van der Waals surface area contributed by atoms with Crippen LogP contribution in [0.2, 0.25) is 0 Å². The summed E-state index contributed by atoms with van der Waals surface area (Å²) < 4.78 is 5.41. The van der Waals surface area contributed by atoms with Crippen LogP contribution in [0.1, 0.15) is 48.1 Å². The quantitative estimate of drug-likeness (QED) is 0.337. The van der Waals surface area contributed by atoms with Gasteiger partial charge in [-0.2, -0.15) is 0 Å². The van der Waals surface area contributed by atoms with Gasteiger partial charge in [0.1, 0.15) is 11.9 Å². The number of benzene rings is 1. The lowest BCUT2D eigenvalue weighted by molar-refractivity contribution is -0.148. The summed E-state index contributed by atoms with van der Waals surface area (Å²) in [5.74, 6) is -0.210. The summed E-state index contributed by atoms with van der Waals surface area (Å²) in [7, 11) is 0. The highest BCUT2D eigenvalue weighted by atomic mass is 16.5. The molecule has 0 radical (unpaired) electrons. The normalized spacial score (nSPS) is 16.9. The molecule has 0 saturated carbocycles. The van der Waals surface area contributed by atoms with Crippen LogP contribution >= 0.6 is 0 Å². The lowest BCUT2D eigenvalue weighted by Crippen LogP contribution is -2.20. The van der Waals surface area contributed by atoms with Crippen molar-refractivity contribution in [3.63, 3.8) is 0 Å². The third-order valence-corrected chi connectivity index (χ3v) is 3.58. The molecule has 5 heteroatoms. The molecule has 102 valence electrons. The molecule has 3 N–H and O–H groups in total. The molecule has 0 bridgehead atoms. The zero-order valence-electron chi connectivity index (χ0n) is 11.1. The Hall–Kier alpha value is -1.88. The average Bonchev–Trinajstić information content (AvgIpc) is 2.82. The van der Waals surface area contributed by atoms with Crippen molar-refractivity contribution in [2.24, 2.45) is 0 Å². The summed E-state index contributed by atoms with van der Waals surface area (Å²) >= 11 is 0. The van der Waals surface area contributed by atoms with Crippen LogP contribution in [-0.2, 0) is 16.0 Å². The Morgan fingerprint density at radius 3 is 2.95 bits per heavy atom. The molecule has 0 spiro atoms. The van der Waals surface area contributed by atoms with Crippen molar-refractivity contribution in [2.75, 3.05) is 0 Å². The van der Waals surface area contributed by atoms with E-state index in [1.165, 1.54) is 0 Å². The molecule has 0 amide bonds. The van der Waals surface area contributed by atoms with Crippen molar-refractivity contribution in [2.45, 2.75) is 39.2 Å². The number of ether oxygens (including phenoxy) is 1. The molecule has 0 heterocycles. The lowest BCUT2D eigenvalue weighted by Gasteiger charge is -2.15. The Balaban J connectivity index is 2.31. The standard InChI is InChI=1S/C14H18N2O3/c1-3-13(17)19-12-7-6-9-8(2)10(14(15)16-18)4-5-11(9)12/h4-5,12,18H,3,6-7H2,1-2H3,(H2,15,16)/t12-/m1/s1. The highest BCUT2D eigenvalue weighted by Crippen LogP contribution is 2.37. The third kappa shape index (κ3) is 2.46. The number of amidine groups is 1. The minimum absolute atomic E-state index is 0.0192. The number of nitrogens with one attached hydrogen (secondary N) is 2. The molecule has 0 unspecified atom stereocenters. The molecule has 19 heavy (non-hydrogen) atoms. The number of hydrogen-bond donors (Lipinski definition) is 3. The Bertz CT molecular complexity index is 526. The molecule has 1 atom stereocenters. The maximum absolute atomic E-state index is 11.4. The van der Waals surface area contributed by atoms with Gasteiger partial charge in [0.25, 0.3) is 0 Å². The maximum Gasteiger partial charge on any atom is 0.306 e. The Labute approximate surface area is 112 Å². The van der Waals surface area contributed by atoms with E-state index in [0.29, 0.717) is 12.0 Å². The van der Waals surface area contributed by atoms with Crippen LogP contribution in [0.3, 0.4) is 0 Å². The zero-order chi connectivity index (χ0) is 14.0. The number of hydroxylamine groups is 1. The van der Waals surface area contributed by atoms with Crippen LogP contribution < -0.4 is 5.48 Å². The van der Waals surface area contributed by atoms with Crippen LogP contribution in [0.5, 0.6) is 0 Å². The topological polar surface area (TPSA) is 82.4 Å². The fourth-order valence-electron chi connectivity index (χ4n) is 2.54. The van der Waals surface area contributed by atoms with Crippen molar-refractivity contribution in [1.82, 2.24) is 5.48 Å². The predicted octanol–water partition coefficient (Wildman–Crippen LogP) is 2.24. The number of fused-ring (bicyclic) bond motifs is 1. The van der Waals surface area contributed by atoms with E-state index >= 15 is 0 Å². The van der Waals surface area contributed by atoms with Gasteiger partial charge < -0.3 is 4.74 Å². The first-order chi connectivity index (χ1) is 9.08. The molecule has 1 aliphatic carbocycles. The molecule has 0 fully saturated rings. The van der Waals surface area contributed by atoms with Crippen LogP contribution in [0.15, 0.2) is 12.1 Å². The van der Waals surface area contributed by atoms with E-state index in [2.05, 4.69) is 0 Å². The first-order valence-corrected chi connectivity index (χ1v) is 6.39. The monoisotopic (exact) mass is 262 g/mol. The fourth-order valence-corrected chi connectivity index (χ4v) is 2.54. The van der Waals surface area contributed by atoms with Crippen molar-refractivity contribution in [3.05, 3.63) is 34.4 Å². The SMILES string of the molecule is CCC(=O)O[C@@H]1CCc2c1ccc(C(=N)NO)c2C. The average molecular weight is 262 g/mol. The Kier molecular flexibility index (Phi) is 3.85. The number of esters is 1. The molecular formula is C14H18N2O3. The summed E-state index contributed by atoms with van der Waals surface area (Å²) in [6.07, 6.45) is 1.81. The molecule has 1 aromatic rings. The summed E-state index contributed by atoms with van der Waals surface area (Å²) in [5, 5.41) is 16.4. The number of rotatable bonds is 3. The second-order valence-corrected chi connectivity index (χ2v) is 4.66. The molecule has 1 aliphatic rings. The molecular weight excluding hydrogens is 244 g/mol. The number of carbonyl (C=O) groups excluding carboxylic acids is 1. The first kappa shape index (κ1) is 13.5. The van der Waals surface area contributed by atoms with Gasteiger partial charge in [0.05, 0.1) is 0 Å². The summed E-state index contributed by atoms with van der Waals surface area (Å²) in [6.45, 7) is 3.70. The number of carbonyl (C=O) groups is 1. The predicted molar refractivity (Wildman–Crippen MR) is 70.4 cm³/mol. The molecule has 1 aromatic carbocycles. The fraction of sp³-hybridized carbons (Fsp3) is 0.429. The summed E-state index contributed by atoms with van der Waals surface area (Å²) in [4.78, 5) is 11.4.